The first-order chi connectivity index (χ1) is 10.6. The molecule has 0 fully saturated rings. The van der Waals surface area contributed by atoms with E-state index in [1.807, 2.05) is 12.1 Å². The molecule has 0 saturated carbocycles. The molecule has 6 heteroatoms. The van der Waals surface area contributed by atoms with Crippen LogP contribution in [0.15, 0.2) is 36.7 Å². The number of hydrogen-bond acceptors (Lipinski definition) is 4. The zero-order valence-electron chi connectivity index (χ0n) is 12.0. The van der Waals surface area contributed by atoms with E-state index in [1.54, 1.807) is 18.5 Å². The lowest BCUT2D eigenvalue weighted by molar-refractivity contribution is 0.0960. The highest BCUT2D eigenvalue weighted by Crippen LogP contribution is 2.41. The van der Waals surface area contributed by atoms with Gasteiger partial charge >= 0.3 is 0 Å². The van der Waals surface area contributed by atoms with Gasteiger partial charge in [0.05, 0.1) is 12.2 Å². The molecule has 112 valence electrons. The molecule has 1 aromatic carbocycles. The second-order valence-corrected chi connectivity index (χ2v) is 5.03. The number of benzene rings is 1. The Kier molecular flexibility index (Phi) is 3.50. The number of nitrogens with two attached hydrogens (primary N) is 1. The molecule has 2 heterocycles. The van der Waals surface area contributed by atoms with Gasteiger partial charge in [0, 0.05) is 36.5 Å². The van der Waals surface area contributed by atoms with Crippen LogP contribution < -0.4 is 15.8 Å². The van der Waals surface area contributed by atoms with Gasteiger partial charge in [-0.1, -0.05) is 0 Å². The molecule has 6 nitrogen and oxygen atoms in total. The molecule has 0 radical (unpaired) electrons. The Morgan fingerprint density at radius 3 is 2.68 bits per heavy atom. The molecule has 1 aliphatic rings. The van der Waals surface area contributed by atoms with Gasteiger partial charge in [0.1, 0.15) is 5.75 Å². The molecule has 0 spiro atoms. The van der Waals surface area contributed by atoms with Crippen LogP contribution >= 0.6 is 0 Å². The molecule has 1 atom stereocenters. The molecule has 3 rings (SSSR count). The van der Waals surface area contributed by atoms with E-state index in [0.29, 0.717) is 23.5 Å². The third-order valence-corrected chi connectivity index (χ3v) is 3.75. The maximum atomic E-state index is 12.0. The number of amides is 2. The van der Waals surface area contributed by atoms with Crippen LogP contribution in [0.25, 0.3) is 0 Å². The fourth-order valence-electron chi connectivity index (χ4n) is 2.64. The molecule has 0 bridgehead atoms. The number of aromatic nitrogens is 1. The number of nitrogens with one attached hydrogen (secondary N) is 1. The predicted octanol–water partition coefficient (Wildman–Crippen LogP) is 1.06. The van der Waals surface area contributed by atoms with Crippen molar-refractivity contribution in [2.75, 3.05) is 13.7 Å². The van der Waals surface area contributed by atoms with Gasteiger partial charge in [-0.25, -0.2) is 0 Å². The Bertz CT molecular complexity index is 744. The smallest absolute Gasteiger partial charge is 0.254 e. The number of rotatable bonds is 3. The standard InChI is InChI=1S/C16H15N3O3/c1-18-16(21)12-7-10(15(17)20)6-11-13(8-22-14(11)12)9-2-4-19-5-3-9/h2-7,13H,8H2,1H3,(H2,17,20)(H,18,21). The van der Waals surface area contributed by atoms with Crippen LogP contribution in [-0.2, 0) is 0 Å². The van der Waals surface area contributed by atoms with Crippen molar-refractivity contribution in [2.45, 2.75) is 5.92 Å². The molecule has 1 aromatic heterocycles. The van der Waals surface area contributed by atoms with Crippen molar-refractivity contribution in [3.05, 3.63) is 58.9 Å². The maximum Gasteiger partial charge on any atom is 0.254 e. The molecule has 22 heavy (non-hydrogen) atoms. The summed E-state index contributed by atoms with van der Waals surface area (Å²) in [6.45, 7) is 0.408. The van der Waals surface area contributed by atoms with Crippen LogP contribution in [0.2, 0.25) is 0 Å². The highest BCUT2D eigenvalue weighted by molar-refractivity contribution is 6.02. The number of nitrogens with zero attached hydrogens (tertiary/aromatic N) is 1. The molecule has 3 N–H and O–H groups in total. The molecule has 1 aliphatic heterocycles. The third kappa shape index (κ3) is 2.28. The first-order valence-electron chi connectivity index (χ1n) is 6.84. The fourth-order valence-corrected chi connectivity index (χ4v) is 2.64. The van der Waals surface area contributed by atoms with Crippen LogP contribution in [-0.4, -0.2) is 30.5 Å². The minimum Gasteiger partial charge on any atom is -0.491 e. The molecule has 0 aliphatic carbocycles. The zero-order chi connectivity index (χ0) is 15.7. The summed E-state index contributed by atoms with van der Waals surface area (Å²) in [5, 5.41) is 2.55. The Morgan fingerprint density at radius 2 is 2.05 bits per heavy atom. The van der Waals surface area contributed by atoms with Crippen molar-refractivity contribution in [1.29, 1.82) is 0 Å². The highest BCUT2D eigenvalue weighted by atomic mass is 16.5. The highest BCUT2D eigenvalue weighted by Gasteiger charge is 2.31. The third-order valence-electron chi connectivity index (χ3n) is 3.75. The van der Waals surface area contributed by atoms with Crippen LogP contribution in [0.4, 0.5) is 0 Å². The lowest BCUT2D eigenvalue weighted by atomic mass is 9.91. The zero-order valence-corrected chi connectivity index (χ0v) is 12.0. The summed E-state index contributed by atoms with van der Waals surface area (Å²) >= 11 is 0. The van der Waals surface area contributed by atoms with Gasteiger partial charge < -0.3 is 15.8 Å². The van der Waals surface area contributed by atoms with Crippen LogP contribution in [0.3, 0.4) is 0 Å². The van der Waals surface area contributed by atoms with E-state index < -0.39 is 5.91 Å². The van der Waals surface area contributed by atoms with E-state index in [4.69, 9.17) is 10.5 Å². The monoisotopic (exact) mass is 297 g/mol. The Labute approximate surface area is 127 Å². The SMILES string of the molecule is CNC(=O)c1cc(C(N)=O)cc2c1OCC2c1ccncc1. The van der Waals surface area contributed by atoms with E-state index in [1.165, 1.54) is 13.1 Å². The average Bonchev–Trinajstić information content (AvgIpc) is 2.97. The lowest BCUT2D eigenvalue weighted by Gasteiger charge is -2.11. The first kappa shape index (κ1) is 14.1. The minimum atomic E-state index is -0.576. The van der Waals surface area contributed by atoms with Gasteiger partial charge in [0.15, 0.2) is 0 Å². The minimum absolute atomic E-state index is 0.0549. The van der Waals surface area contributed by atoms with Gasteiger partial charge in [-0.15, -0.1) is 0 Å². The van der Waals surface area contributed by atoms with E-state index >= 15 is 0 Å². The van der Waals surface area contributed by atoms with E-state index in [9.17, 15) is 9.59 Å². The van der Waals surface area contributed by atoms with Crippen molar-refractivity contribution in [2.24, 2.45) is 5.73 Å². The largest absolute Gasteiger partial charge is 0.491 e. The molecule has 1 unspecified atom stereocenters. The number of ether oxygens (including phenoxy) is 1. The van der Waals surface area contributed by atoms with E-state index in [2.05, 4.69) is 10.3 Å². The van der Waals surface area contributed by atoms with Gasteiger partial charge in [0.25, 0.3) is 5.91 Å². The summed E-state index contributed by atoms with van der Waals surface area (Å²) in [5.74, 6) is -0.435. The van der Waals surface area contributed by atoms with Crippen molar-refractivity contribution < 1.29 is 14.3 Å². The van der Waals surface area contributed by atoms with Crippen LogP contribution in [0.5, 0.6) is 5.75 Å². The Hall–Kier alpha value is -2.89. The van der Waals surface area contributed by atoms with Gasteiger partial charge in [0.2, 0.25) is 5.91 Å². The number of pyridine rings is 1. The second-order valence-electron chi connectivity index (χ2n) is 5.03. The molecule has 0 saturated heterocycles. The number of primary amides is 1. The second kappa shape index (κ2) is 5.48. The number of hydrogen-bond donors (Lipinski definition) is 2. The number of fused-ring (bicyclic) bond motifs is 1. The summed E-state index contributed by atoms with van der Waals surface area (Å²) in [4.78, 5) is 27.6. The predicted molar refractivity (Wildman–Crippen MR) is 79.9 cm³/mol. The van der Waals surface area contributed by atoms with Crippen molar-refractivity contribution in [1.82, 2.24) is 10.3 Å². The van der Waals surface area contributed by atoms with Crippen LogP contribution in [0.1, 0.15) is 37.8 Å². The Morgan fingerprint density at radius 1 is 1.32 bits per heavy atom. The maximum absolute atomic E-state index is 12.0. The Balaban J connectivity index is 2.16. The molecule has 2 aromatic rings. The summed E-state index contributed by atoms with van der Waals surface area (Å²) in [6.07, 6.45) is 3.40. The molecular formula is C16H15N3O3. The van der Waals surface area contributed by atoms with Crippen molar-refractivity contribution >= 4 is 11.8 Å². The van der Waals surface area contributed by atoms with Crippen LogP contribution in [0, 0.1) is 0 Å². The fraction of sp³-hybridized carbons (Fsp3) is 0.188. The summed E-state index contributed by atoms with van der Waals surface area (Å²) in [6, 6.07) is 6.94. The van der Waals surface area contributed by atoms with Crippen molar-refractivity contribution in [3.63, 3.8) is 0 Å². The first-order valence-corrected chi connectivity index (χ1v) is 6.84. The number of carbonyl (C=O) groups is 2. The molecular weight excluding hydrogens is 282 g/mol. The van der Waals surface area contributed by atoms with Gasteiger partial charge in [-0.05, 0) is 29.8 Å². The quantitative estimate of drug-likeness (QED) is 0.886. The normalized spacial score (nSPS) is 15.8. The topological polar surface area (TPSA) is 94.3 Å². The van der Waals surface area contributed by atoms with Crippen molar-refractivity contribution in [3.8, 4) is 5.75 Å². The lowest BCUT2D eigenvalue weighted by Crippen LogP contribution is -2.20. The summed E-state index contributed by atoms with van der Waals surface area (Å²) < 4.78 is 5.72. The van der Waals surface area contributed by atoms with E-state index in [-0.39, 0.29) is 11.8 Å². The number of carbonyl (C=O) groups excluding carboxylic acids is 2. The summed E-state index contributed by atoms with van der Waals surface area (Å²) in [7, 11) is 1.53. The molecule has 2 amide bonds. The van der Waals surface area contributed by atoms with E-state index in [0.717, 1.165) is 11.1 Å². The van der Waals surface area contributed by atoms with Gasteiger partial charge in [-0.3, -0.25) is 14.6 Å². The van der Waals surface area contributed by atoms with Gasteiger partial charge in [-0.2, -0.15) is 0 Å². The summed E-state index contributed by atoms with van der Waals surface area (Å²) in [5.41, 5.74) is 7.80. The average molecular weight is 297 g/mol.